The molecule has 5 heteroatoms. The molecule has 0 atom stereocenters. The number of hydrogen-bond acceptors (Lipinski definition) is 3. The summed E-state index contributed by atoms with van der Waals surface area (Å²) in [5.74, 6) is -1.18. The Kier molecular flexibility index (Phi) is 2.66. The zero-order chi connectivity index (χ0) is 12.4. The zero-order valence-corrected chi connectivity index (χ0v) is 8.70. The van der Waals surface area contributed by atoms with E-state index in [1.165, 1.54) is 22.8 Å². The van der Waals surface area contributed by atoms with E-state index in [-0.39, 0.29) is 17.0 Å². The second kappa shape index (κ2) is 4.13. The Morgan fingerprint density at radius 3 is 2.71 bits per heavy atom. The Morgan fingerprint density at radius 2 is 2.06 bits per heavy atom. The molecule has 0 aliphatic rings. The summed E-state index contributed by atoms with van der Waals surface area (Å²) in [7, 11) is 0. The third kappa shape index (κ3) is 1.90. The highest BCUT2D eigenvalue weighted by Gasteiger charge is 2.11. The second-order valence-corrected chi connectivity index (χ2v) is 3.43. The summed E-state index contributed by atoms with van der Waals surface area (Å²) in [6.45, 7) is 0. The largest absolute Gasteiger partial charge is 0.506 e. The van der Waals surface area contributed by atoms with Gasteiger partial charge >= 0.3 is 5.97 Å². The van der Waals surface area contributed by atoms with Crippen molar-refractivity contribution in [3.8, 4) is 11.4 Å². The fraction of sp³-hybridized carbons (Fsp3) is 0. The van der Waals surface area contributed by atoms with Crippen LogP contribution in [0, 0.1) is 0 Å². The molecule has 5 nitrogen and oxygen atoms in total. The van der Waals surface area contributed by atoms with Gasteiger partial charge < -0.3 is 14.8 Å². The molecule has 2 aromatic rings. The Morgan fingerprint density at radius 1 is 1.29 bits per heavy atom. The van der Waals surface area contributed by atoms with Crippen LogP contribution in [0.4, 0.5) is 0 Å². The fourth-order valence-electron chi connectivity index (χ4n) is 1.56. The van der Waals surface area contributed by atoms with Crippen LogP contribution in [0.3, 0.4) is 0 Å². The predicted octanol–water partition coefficient (Wildman–Crippen LogP) is 1.69. The molecule has 2 N–H and O–H groups in total. The summed E-state index contributed by atoms with van der Waals surface area (Å²) < 4.78 is 1.43. The standard InChI is InChI=1S/C12H9NO4/c14-7-9-2-1-5-13(9)10-6-8(12(16)17)3-4-11(10)15/h1-7,15H,(H,16,17). The number of hydrogen-bond donors (Lipinski definition) is 2. The van der Waals surface area contributed by atoms with Crippen molar-refractivity contribution in [2.75, 3.05) is 0 Å². The van der Waals surface area contributed by atoms with Gasteiger partial charge in [-0.2, -0.15) is 0 Å². The molecule has 0 amide bonds. The second-order valence-electron chi connectivity index (χ2n) is 3.43. The van der Waals surface area contributed by atoms with E-state index < -0.39 is 5.97 Å². The van der Waals surface area contributed by atoms with Gasteiger partial charge in [-0.15, -0.1) is 0 Å². The number of carboxylic acids is 1. The molecule has 0 bridgehead atoms. The van der Waals surface area contributed by atoms with Crippen LogP contribution in [0.1, 0.15) is 20.8 Å². The highest BCUT2D eigenvalue weighted by Crippen LogP contribution is 2.24. The Bertz CT molecular complexity index is 586. The van der Waals surface area contributed by atoms with E-state index in [2.05, 4.69) is 0 Å². The highest BCUT2D eigenvalue weighted by atomic mass is 16.4. The molecule has 2 rings (SSSR count). The third-order valence-corrected chi connectivity index (χ3v) is 2.38. The topological polar surface area (TPSA) is 79.5 Å². The lowest BCUT2D eigenvalue weighted by Gasteiger charge is -2.08. The molecule has 0 spiro atoms. The predicted molar refractivity (Wildman–Crippen MR) is 59.8 cm³/mol. The first-order chi connectivity index (χ1) is 8.13. The average molecular weight is 231 g/mol. The minimum Gasteiger partial charge on any atom is -0.506 e. The lowest BCUT2D eigenvalue weighted by atomic mass is 10.2. The summed E-state index contributed by atoms with van der Waals surface area (Å²) in [4.78, 5) is 21.6. The summed E-state index contributed by atoms with van der Waals surface area (Å²) in [6.07, 6.45) is 2.21. The van der Waals surface area contributed by atoms with E-state index in [1.54, 1.807) is 18.3 Å². The number of nitrogens with zero attached hydrogens (tertiary/aromatic N) is 1. The summed E-state index contributed by atoms with van der Waals surface area (Å²) in [5, 5.41) is 18.5. The van der Waals surface area contributed by atoms with Crippen molar-refractivity contribution < 1.29 is 19.8 Å². The molecule has 0 saturated heterocycles. The van der Waals surface area contributed by atoms with Crippen molar-refractivity contribution in [2.45, 2.75) is 0 Å². The van der Waals surface area contributed by atoms with Crippen LogP contribution in [0.25, 0.3) is 5.69 Å². The highest BCUT2D eigenvalue weighted by molar-refractivity contribution is 5.89. The number of aromatic nitrogens is 1. The third-order valence-electron chi connectivity index (χ3n) is 2.38. The molecule has 0 radical (unpaired) electrons. The van der Waals surface area contributed by atoms with E-state index in [4.69, 9.17) is 5.11 Å². The van der Waals surface area contributed by atoms with Gasteiger partial charge in [-0.25, -0.2) is 4.79 Å². The molecular weight excluding hydrogens is 222 g/mol. The van der Waals surface area contributed by atoms with Crippen molar-refractivity contribution in [3.05, 3.63) is 47.8 Å². The number of carboxylic acid groups (broad SMARTS) is 1. The van der Waals surface area contributed by atoms with Crippen molar-refractivity contribution in [1.29, 1.82) is 0 Å². The maximum Gasteiger partial charge on any atom is 0.335 e. The van der Waals surface area contributed by atoms with Gasteiger partial charge in [-0.1, -0.05) is 0 Å². The van der Waals surface area contributed by atoms with Crippen LogP contribution in [0.5, 0.6) is 5.75 Å². The Labute approximate surface area is 96.5 Å². The number of aldehydes is 1. The van der Waals surface area contributed by atoms with Gasteiger partial charge in [0.25, 0.3) is 0 Å². The van der Waals surface area contributed by atoms with E-state index in [1.807, 2.05) is 0 Å². The summed E-state index contributed by atoms with van der Waals surface area (Å²) in [5.41, 5.74) is 0.642. The first kappa shape index (κ1) is 10.9. The van der Waals surface area contributed by atoms with Crippen molar-refractivity contribution in [2.24, 2.45) is 0 Å². The Balaban J connectivity index is 2.62. The van der Waals surface area contributed by atoms with E-state index in [0.717, 1.165) is 0 Å². The normalized spacial score (nSPS) is 10.1. The SMILES string of the molecule is O=Cc1cccn1-c1cc(C(=O)O)ccc1O. The monoisotopic (exact) mass is 231 g/mol. The van der Waals surface area contributed by atoms with Crippen LogP contribution in [0.15, 0.2) is 36.5 Å². The summed E-state index contributed by atoms with van der Waals surface area (Å²) in [6, 6.07) is 7.10. The lowest BCUT2D eigenvalue weighted by Crippen LogP contribution is -2.02. The van der Waals surface area contributed by atoms with Crippen molar-refractivity contribution in [1.82, 2.24) is 4.57 Å². The molecule has 0 fully saturated rings. The number of carbonyl (C=O) groups is 2. The minimum absolute atomic E-state index is 0.0448. The first-order valence-electron chi connectivity index (χ1n) is 4.82. The molecule has 86 valence electrons. The van der Waals surface area contributed by atoms with E-state index in [0.29, 0.717) is 12.0 Å². The molecule has 1 aromatic carbocycles. The average Bonchev–Trinajstić information content (AvgIpc) is 2.77. The molecule has 0 aliphatic heterocycles. The van der Waals surface area contributed by atoms with E-state index >= 15 is 0 Å². The number of carbonyl (C=O) groups excluding carboxylic acids is 1. The van der Waals surface area contributed by atoms with Gasteiger partial charge in [-0.05, 0) is 30.3 Å². The number of benzene rings is 1. The molecule has 0 saturated carbocycles. The number of aromatic carboxylic acids is 1. The summed E-state index contributed by atoms with van der Waals surface area (Å²) >= 11 is 0. The molecule has 17 heavy (non-hydrogen) atoms. The number of phenols is 1. The maximum absolute atomic E-state index is 10.8. The van der Waals surface area contributed by atoms with Crippen molar-refractivity contribution >= 4 is 12.3 Å². The zero-order valence-electron chi connectivity index (χ0n) is 8.70. The van der Waals surface area contributed by atoms with Crippen LogP contribution in [-0.2, 0) is 0 Å². The quantitative estimate of drug-likeness (QED) is 0.788. The van der Waals surface area contributed by atoms with Crippen LogP contribution >= 0.6 is 0 Å². The molecule has 0 unspecified atom stereocenters. The van der Waals surface area contributed by atoms with Gasteiger partial charge in [0.15, 0.2) is 6.29 Å². The van der Waals surface area contributed by atoms with Gasteiger partial charge in [0.2, 0.25) is 0 Å². The number of aromatic hydroxyl groups is 1. The number of phenolic OH excluding ortho intramolecular Hbond substituents is 1. The minimum atomic E-state index is -1.09. The van der Waals surface area contributed by atoms with Gasteiger partial charge in [0.1, 0.15) is 5.75 Å². The Hall–Kier alpha value is -2.56. The molecule has 1 aromatic heterocycles. The van der Waals surface area contributed by atoms with Crippen LogP contribution in [0.2, 0.25) is 0 Å². The van der Waals surface area contributed by atoms with Crippen LogP contribution < -0.4 is 0 Å². The van der Waals surface area contributed by atoms with Crippen molar-refractivity contribution in [3.63, 3.8) is 0 Å². The van der Waals surface area contributed by atoms with Gasteiger partial charge in [0.05, 0.1) is 16.9 Å². The van der Waals surface area contributed by atoms with Gasteiger partial charge in [-0.3, -0.25) is 4.79 Å². The van der Waals surface area contributed by atoms with Crippen LogP contribution in [-0.4, -0.2) is 27.0 Å². The molecular formula is C12H9NO4. The van der Waals surface area contributed by atoms with Gasteiger partial charge in [0, 0.05) is 6.20 Å². The van der Waals surface area contributed by atoms with E-state index in [9.17, 15) is 14.7 Å². The fourth-order valence-corrected chi connectivity index (χ4v) is 1.56. The lowest BCUT2D eigenvalue weighted by molar-refractivity contribution is 0.0696. The smallest absolute Gasteiger partial charge is 0.335 e. The molecule has 1 heterocycles. The molecule has 0 aliphatic carbocycles. The number of rotatable bonds is 3. The maximum atomic E-state index is 10.8. The first-order valence-corrected chi connectivity index (χ1v) is 4.82.